The summed E-state index contributed by atoms with van der Waals surface area (Å²) >= 11 is 1.61. The molecule has 1 aromatic heterocycles. The van der Waals surface area contributed by atoms with Gasteiger partial charge in [0, 0.05) is 12.7 Å². The van der Waals surface area contributed by atoms with Crippen molar-refractivity contribution in [3.05, 3.63) is 42.5 Å². The lowest BCUT2D eigenvalue weighted by atomic mass is 10.3. The first-order valence-corrected chi connectivity index (χ1v) is 7.03. The highest BCUT2D eigenvalue weighted by atomic mass is 32.1. The van der Waals surface area contributed by atoms with Gasteiger partial charge >= 0.3 is 0 Å². The summed E-state index contributed by atoms with van der Waals surface area (Å²) < 4.78 is 6.48. The van der Waals surface area contributed by atoms with Crippen molar-refractivity contribution in [1.82, 2.24) is 4.98 Å². The predicted octanol–water partition coefficient (Wildman–Crippen LogP) is 3.66. The van der Waals surface area contributed by atoms with Crippen molar-refractivity contribution in [2.24, 2.45) is 0 Å². The fraction of sp³-hybridized carbons (Fsp3) is 0.133. The topological polar surface area (TPSA) is 51.4 Å². The predicted molar refractivity (Wildman–Crippen MR) is 85.1 cm³/mol. The van der Waals surface area contributed by atoms with Crippen molar-refractivity contribution in [1.29, 1.82) is 0 Å². The number of hydrogen-bond acceptors (Lipinski definition) is 5. The average Bonchev–Trinajstić information content (AvgIpc) is 2.89. The number of para-hydroxylation sites is 2. The van der Waals surface area contributed by atoms with Gasteiger partial charge in [0.1, 0.15) is 5.75 Å². The summed E-state index contributed by atoms with van der Waals surface area (Å²) in [6.07, 6.45) is 0. The fourth-order valence-corrected chi connectivity index (χ4v) is 3.07. The molecular formula is C15H15N3OS. The molecule has 0 radical (unpaired) electrons. The molecule has 0 unspecified atom stereocenters. The molecule has 3 rings (SSSR count). The second-order valence-corrected chi connectivity index (χ2v) is 5.46. The molecule has 2 aromatic carbocycles. The molecule has 5 heteroatoms. The number of benzene rings is 2. The summed E-state index contributed by atoms with van der Waals surface area (Å²) in [4.78, 5) is 6.67. The van der Waals surface area contributed by atoms with Gasteiger partial charge in [0.15, 0.2) is 5.13 Å². The molecule has 0 aliphatic heterocycles. The Morgan fingerprint density at radius 2 is 2.00 bits per heavy atom. The Morgan fingerprint density at radius 3 is 2.80 bits per heavy atom. The van der Waals surface area contributed by atoms with Gasteiger partial charge in [-0.15, -0.1) is 0 Å². The zero-order valence-electron chi connectivity index (χ0n) is 11.3. The van der Waals surface area contributed by atoms with E-state index in [1.807, 2.05) is 54.4 Å². The van der Waals surface area contributed by atoms with Gasteiger partial charge in [-0.25, -0.2) is 4.98 Å². The molecule has 0 aliphatic carbocycles. The molecule has 20 heavy (non-hydrogen) atoms. The second-order valence-electron chi connectivity index (χ2n) is 4.45. The highest BCUT2D eigenvalue weighted by molar-refractivity contribution is 7.22. The van der Waals surface area contributed by atoms with Gasteiger partial charge in [0.25, 0.3) is 0 Å². The molecule has 4 nitrogen and oxygen atoms in total. The molecule has 0 spiro atoms. The maximum absolute atomic E-state index is 5.81. The van der Waals surface area contributed by atoms with E-state index in [1.165, 1.54) is 0 Å². The Balaban J connectivity index is 2.05. The van der Waals surface area contributed by atoms with Crippen LogP contribution in [0.1, 0.15) is 0 Å². The SMILES string of the molecule is COc1ccccc1N(C)c1nc2ccc(N)cc2s1. The van der Waals surface area contributed by atoms with Gasteiger partial charge in [0.05, 0.1) is 23.0 Å². The fourth-order valence-electron chi connectivity index (χ4n) is 2.08. The number of fused-ring (bicyclic) bond motifs is 1. The highest BCUT2D eigenvalue weighted by Gasteiger charge is 2.13. The monoisotopic (exact) mass is 285 g/mol. The minimum atomic E-state index is 0.757. The summed E-state index contributed by atoms with van der Waals surface area (Å²) in [5.74, 6) is 0.828. The number of rotatable bonds is 3. The van der Waals surface area contributed by atoms with E-state index in [0.717, 1.165) is 32.5 Å². The third kappa shape index (κ3) is 2.16. The zero-order valence-corrected chi connectivity index (χ0v) is 12.1. The summed E-state index contributed by atoms with van der Waals surface area (Å²) in [6.45, 7) is 0. The zero-order chi connectivity index (χ0) is 14.1. The maximum Gasteiger partial charge on any atom is 0.190 e. The minimum absolute atomic E-state index is 0.757. The van der Waals surface area contributed by atoms with E-state index in [9.17, 15) is 0 Å². The number of nitrogen functional groups attached to an aromatic ring is 1. The highest BCUT2D eigenvalue weighted by Crippen LogP contribution is 2.36. The van der Waals surface area contributed by atoms with E-state index in [2.05, 4.69) is 4.98 Å². The van der Waals surface area contributed by atoms with Crippen LogP contribution in [0.5, 0.6) is 5.75 Å². The van der Waals surface area contributed by atoms with Gasteiger partial charge in [0.2, 0.25) is 0 Å². The van der Waals surface area contributed by atoms with Gasteiger partial charge in [-0.1, -0.05) is 23.5 Å². The molecule has 0 aliphatic rings. The smallest absolute Gasteiger partial charge is 0.190 e. The lowest BCUT2D eigenvalue weighted by Crippen LogP contribution is -2.10. The minimum Gasteiger partial charge on any atom is -0.495 e. The Kier molecular flexibility index (Phi) is 3.20. The summed E-state index contributed by atoms with van der Waals surface area (Å²) in [6, 6.07) is 13.7. The molecule has 0 amide bonds. The number of methoxy groups -OCH3 is 1. The van der Waals surface area contributed by atoms with Crippen LogP contribution in [0.4, 0.5) is 16.5 Å². The van der Waals surface area contributed by atoms with E-state index in [4.69, 9.17) is 10.5 Å². The third-order valence-electron chi connectivity index (χ3n) is 3.13. The molecule has 0 bridgehead atoms. The lowest BCUT2D eigenvalue weighted by Gasteiger charge is -2.18. The number of thiazole rings is 1. The molecule has 0 saturated heterocycles. The first kappa shape index (κ1) is 12.7. The van der Waals surface area contributed by atoms with Crippen molar-refractivity contribution < 1.29 is 4.74 Å². The van der Waals surface area contributed by atoms with Crippen LogP contribution in [0, 0.1) is 0 Å². The second kappa shape index (κ2) is 5.02. The molecule has 1 heterocycles. The average molecular weight is 285 g/mol. The third-order valence-corrected chi connectivity index (χ3v) is 4.23. The van der Waals surface area contributed by atoms with Crippen molar-refractivity contribution in [3.8, 4) is 5.75 Å². The molecule has 0 atom stereocenters. The van der Waals surface area contributed by atoms with Crippen LogP contribution in [0.3, 0.4) is 0 Å². The van der Waals surface area contributed by atoms with Gasteiger partial charge < -0.3 is 15.4 Å². The number of nitrogens with two attached hydrogens (primary N) is 1. The Morgan fingerprint density at radius 1 is 1.20 bits per heavy atom. The summed E-state index contributed by atoms with van der Waals surface area (Å²) in [5, 5.41) is 0.912. The molecule has 0 fully saturated rings. The van der Waals surface area contributed by atoms with E-state index >= 15 is 0 Å². The number of hydrogen-bond donors (Lipinski definition) is 1. The van der Waals surface area contributed by atoms with E-state index in [0.29, 0.717) is 0 Å². The molecule has 2 N–H and O–H groups in total. The molecule has 0 saturated carbocycles. The molecule has 3 aromatic rings. The quantitative estimate of drug-likeness (QED) is 0.746. The van der Waals surface area contributed by atoms with Crippen LogP contribution in [-0.4, -0.2) is 19.1 Å². The number of ether oxygens (including phenoxy) is 1. The summed E-state index contributed by atoms with van der Waals surface area (Å²) in [5.41, 5.74) is 8.52. The first-order valence-electron chi connectivity index (χ1n) is 6.22. The van der Waals surface area contributed by atoms with Gasteiger partial charge in [-0.2, -0.15) is 0 Å². The largest absolute Gasteiger partial charge is 0.495 e. The van der Waals surface area contributed by atoms with Crippen LogP contribution in [0.2, 0.25) is 0 Å². The van der Waals surface area contributed by atoms with Crippen LogP contribution in [-0.2, 0) is 0 Å². The van der Waals surface area contributed by atoms with Gasteiger partial charge in [-0.3, -0.25) is 0 Å². The lowest BCUT2D eigenvalue weighted by molar-refractivity contribution is 0.415. The van der Waals surface area contributed by atoms with Crippen LogP contribution in [0.15, 0.2) is 42.5 Å². The van der Waals surface area contributed by atoms with Crippen molar-refractivity contribution in [3.63, 3.8) is 0 Å². The maximum atomic E-state index is 5.81. The number of anilines is 3. The standard InChI is InChI=1S/C15H15N3OS/c1-18(12-5-3-4-6-13(12)19-2)15-17-11-8-7-10(16)9-14(11)20-15/h3-9H,16H2,1-2H3. The number of aromatic nitrogens is 1. The van der Waals surface area contributed by atoms with E-state index in [1.54, 1.807) is 18.4 Å². The Hall–Kier alpha value is -2.27. The van der Waals surface area contributed by atoms with Crippen LogP contribution in [0.25, 0.3) is 10.2 Å². The van der Waals surface area contributed by atoms with Crippen molar-refractivity contribution >= 4 is 38.1 Å². The van der Waals surface area contributed by atoms with Crippen LogP contribution >= 0.6 is 11.3 Å². The van der Waals surface area contributed by atoms with E-state index < -0.39 is 0 Å². The van der Waals surface area contributed by atoms with Gasteiger partial charge in [-0.05, 0) is 30.3 Å². The van der Waals surface area contributed by atoms with E-state index in [-0.39, 0.29) is 0 Å². The molecule has 102 valence electrons. The summed E-state index contributed by atoms with van der Waals surface area (Å²) in [7, 11) is 3.66. The number of nitrogens with zero attached hydrogens (tertiary/aromatic N) is 2. The Labute approximate surface area is 121 Å². The Bertz CT molecular complexity index is 754. The van der Waals surface area contributed by atoms with Crippen molar-refractivity contribution in [2.45, 2.75) is 0 Å². The molecular weight excluding hydrogens is 270 g/mol. The van der Waals surface area contributed by atoms with Crippen molar-refractivity contribution in [2.75, 3.05) is 24.8 Å². The first-order chi connectivity index (χ1) is 9.69. The normalized spacial score (nSPS) is 10.7. The van der Waals surface area contributed by atoms with Crippen LogP contribution < -0.4 is 15.4 Å².